The fourth-order valence-corrected chi connectivity index (χ4v) is 1.20. The quantitative estimate of drug-likeness (QED) is 0.436. The average molecular weight is 228 g/mol. The van der Waals surface area contributed by atoms with Crippen LogP contribution in [0.5, 0.6) is 0 Å². The van der Waals surface area contributed by atoms with Gasteiger partial charge in [0, 0.05) is 6.54 Å². The minimum atomic E-state index is -0.381. The monoisotopic (exact) mass is 228 g/mol. The van der Waals surface area contributed by atoms with Gasteiger partial charge in [-0.05, 0) is 12.8 Å². The van der Waals surface area contributed by atoms with Gasteiger partial charge in [0.2, 0.25) is 5.91 Å². The van der Waals surface area contributed by atoms with E-state index in [9.17, 15) is 4.79 Å². The molecule has 4 nitrogen and oxygen atoms in total. The third kappa shape index (κ3) is 8.44. The Hall–Kier alpha value is -0.870. The molecule has 16 heavy (non-hydrogen) atoms. The van der Waals surface area contributed by atoms with Crippen LogP contribution in [-0.2, 0) is 9.53 Å². The molecule has 0 aromatic carbocycles. The summed E-state index contributed by atoms with van der Waals surface area (Å²) >= 11 is 0. The lowest BCUT2D eigenvalue weighted by atomic mass is 10.1. The topological polar surface area (TPSA) is 64.3 Å². The minimum absolute atomic E-state index is 0.0826. The van der Waals surface area contributed by atoms with Gasteiger partial charge in [0.05, 0.1) is 19.3 Å². The van der Waals surface area contributed by atoms with Gasteiger partial charge in [-0.25, -0.2) is 0 Å². The summed E-state index contributed by atoms with van der Waals surface area (Å²) in [4.78, 5) is 11.4. The highest BCUT2D eigenvalue weighted by atomic mass is 16.5. The van der Waals surface area contributed by atoms with Crippen molar-refractivity contribution in [1.82, 2.24) is 5.32 Å². The number of ether oxygens (including phenoxy) is 1. The maximum absolute atomic E-state index is 11.4. The number of rotatable bonds is 10. The Bertz CT molecular complexity index is 195. The number of hydrogen-bond acceptors (Lipinski definition) is 3. The normalized spacial score (nSPS) is 12.1. The number of amides is 1. The van der Waals surface area contributed by atoms with Gasteiger partial charge in [-0.15, -0.1) is 6.58 Å². The number of hydrogen-bond donors (Lipinski definition) is 2. The van der Waals surface area contributed by atoms with Crippen LogP contribution in [0.15, 0.2) is 12.7 Å². The van der Waals surface area contributed by atoms with Crippen LogP contribution in [0.4, 0.5) is 0 Å². The van der Waals surface area contributed by atoms with E-state index in [0.29, 0.717) is 19.8 Å². The molecular formula is C12H24N2O2. The van der Waals surface area contributed by atoms with Crippen molar-refractivity contribution in [1.29, 1.82) is 0 Å². The van der Waals surface area contributed by atoms with Crippen molar-refractivity contribution >= 4 is 5.91 Å². The van der Waals surface area contributed by atoms with Crippen molar-refractivity contribution in [3.63, 3.8) is 0 Å². The molecule has 0 spiro atoms. The number of carbonyl (C=O) groups excluding carboxylic acids is 1. The maximum Gasteiger partial charge on any atom is 0.236 e. The summed E-state index contributed by atoms with van der Waals surface area (Å²) < 4.78 is 5.26. The summed E-state index contributed by atoms with van der Waals surface area (Å²) in [5, 5.41) is 2.75. The van der Waals surface area contributed by atoms with Crippen molar-refractivity contribution in [2.45, 2.75) is 38.6 Å². The molecule has 0 bridgehead atoms. The summed E-state index contributed by atoms with van der Waals surface area (Å²) in [6.07, 6.45) is 5.44. The third-order valence-corrected chi connectivity index (χ3v) is 2.22. The lowest BCUT2D eigenvalue weighted by Gasteiger charge is -2.11. The van der Waals surface area contributed by atoms with Gasteiger partial charge in [-0.2, -0.15) is 0 Å². The Labute approximate surface area is 98.2 Å². The van der Waals surface area contributed by atoms with Crippen molar-refractivity contribution in [2.24, 2.45) is 5.73 Å². The van der Waals surface area contributed by atoms with E-state index in [4.69, 9.17) is 10.5 Å². The second kappa shape index (κ2) is 10.6. The smallest absolute Gasteiger partial charge is 0.236 e. The Balaban J connectivity index is 3.38. The molecule has 0 aromatic heterocycles. The zero-order valence-corrected chi connectivity index (χ0v) is 10.2. The molecule has 0 saturated carbocycles. The van der Waals surface area contributed by atoms with E-state index < -0.39 is 0 Å². The van der Waals surface area contributed by atoms with Crippen LogP contribution in [0.25, 0.3) is 0 Å². The summed E-state index contributed by atoms with van der Waals surface area (Å²) in [7, 11) is 0. The average Bonchev–Trinajstić information content (AvgIpc) is 2.30. The first-order valence-electron chi connectivity index (χ1n) is 5.94. The summed E-state index contributed by atoms with van der Waals surface area (Å²) in [6.45, 7) is 7.38. The third-order valence-electron chi connectivity index (χ3n) is 2.22. The molecule has 4 heteroatoms. The number of nitrogens with one attached hydrogen (secondary N) is 1. The van der Waals surface area contributed by atoms with Gasteiger partial charge in [0.25, 0.3) is 0 Å². The highest BCUT2D eigenvalue weighted by Gasteiger charge is 2.11. The Kier molecular flexibility index (Phi) is 10.1. The predicted octanol–water partition coefficient (Wildman–Crippen LogP) is 1.21. The van der Waals surface area contributed by atoms with Gasteiger partial charge >= 0.3 is 0 Å². The van der Waals surface area contributed by atoms with E-state index in [0.717, 1.165) is 25.7 Å². The highest BCUT2D eigenvalue weighted by Crippen LogP contribution is 1.97. The molecule has 1 amide bonds. The fraction of sp³-hybridized carbons (Fsp3) is 0.750. The van der Waals surface area contributed by atoms with Crippen molar-refractivity contribution in [2.75, 3.05) is 19.8 Å². The van der Waals surface area contributed by atoms with Crippen molar-refractivity contribution in [3.8, 4) is 0 Å². The van der Waals surface area contributed by atoms with E-state index >= 15 is 0 Å². The van der Waals surface area contributed by atoms with Crippen LogP contribution in [-0.4, -0.2) is 31.7 Å². The summed E-state index contributed by atoms with van der Waals surface area (Å²) in [5.74, 6) is -0.0826. The highest BCUT2D eigenvalue weighted by molar-refractivity contribution is 5.81. The molecule has 0 fully saturated rings. The van der Waals surface area contributed by atoms with Crippen LogP contribution >= 0.6 is 0 Å². The van der Waals surface area contributed by atoms with Gasteiger partial charge in [-0.3, -0.25) is 4.79 Å². The molecular weight excluding hydrogens is 204 g/mol. The van der Waals surface area contributed by atoms with E-state index in [2.05, 4.69) is 18.8 Å². The first-order valence-corrected chi connectivity index (χ1v) is 5.94. The van der Waals surface area contributed by atoms with Crippen LogP contribution < -0.4 is 11.1 Å². The first kappa shape index (κ1) is 15.1. The van der Waals surface area contributed by atoms with Gasteiger partial charge in [0.1, 0.15) is 0 Å². The van der Waals surface area contributed by atoms with E-state index in [1.807, 2.05) is 0 Å². The summed E-state index contributed by atoms with van der Waals surface area (Å²) in [5.41, 5.74) is 5.70. The van der Waals surface area contributed by atoms with Gasteiger partial charge in [-0.1, -0.05) is 25.8 Å². The molecule has 0 heterocycles. The standard InChI is InChI=1S/C12H24N2O2/c1-3-5-7-11(13)12(15)14-8-10-16-9-6-4-2/h4,11H,2-3,5-10,13H2,1H3,(H,14,15). The molecule has 0 aliphatic carbocycles. The SMILES string of the molecule is C=CCCOCCNC(=O)C(N)CCCC. The number of carbonyl (C=O) groups is 1. The molecule has 0 aliphatic rings. The van der Waals surface area contributed by atoms with E-state index in [-0.39, 0.29) is 11.9 Å². The molecule has 0 radical (unpaired) electrons. The van der Waals surface area contributed by atoms with Gasteiger partial charge < -0.3 is 15.8 Å². The fourth-order valence-electron chi connectivity index (χ4n) is 1.20. The molecule has 0 aliphatic heterocycles. The molecule has 94 valence electrons. The van der Waals surface area contributed by atoms with Gasteiger partial charge in [0.15, 0.2) is 0 Å². The lowest BCUT2D eigenvalue weighted by Crippen LogP contribution is -2.41. The predicted molar refractivity (Wildman–Crippen MR) is 66.1 cm³/mol. The number of unbranched alkanes of at least 4 members (excludes halogenated alkanes) is 1. The zero-order chi connectivity index (χ0) is 12.2. The Morgan fingerprint density at radius 2 is 2.31 bits per heavy atom. The molecule has 3 N–H and O–H groups in total. The van der Waals surface area contributed by atoms with Crippen molar-refractivity contribution in [3.05, 3.63) is 12.7 Å². The van der Waals surface area contributed by atoms with Crippen LogP contribution in [0.2, 0.25) is 0 Å². The zero-order valence-electron chi connectivity index (χ0n) is 10.2. The van der Waals surface area contributed by atoms with Crippen LogP contribution in [0, 0.1) is 0 Å². The minimum Gasteiger partial charge on any atom is -0.379 e. The second-order valence-corrected chi connectivity index (χ2v) is 3.73. The summed E-state index contributed by atoms with van der Waals surface area (Å²) in [6, 6.07) is -0.381. The molecule has 0 aromatic rings. The van der Waals surface area contributed by atoms with E-state index in [1.54, 1.807) is 6.08 Å². The second-order valence-electron chi connectivity index (χ2n) is 3.73. The lowest BCUT2D eigenvalue weighted by molar-refractivity contribution is -0.122. The van der Waals surface area contributed by atoms with Crippen LogP contribution in [0.3, 0.4) is 0 Å². The molecule has 0 saturated heterocycles. The first-order chi connectivity index (χ1) is 7.72. The van der Waals surface area contributed by atoms with Crippen molar-refractivity contribution < 1.29 is 9.53 Å². The Morgan fingerprint density at radius 3 is 2.94 bits per heavy atom. The van der Waals surface area contributed by atoms with Crippen LogP contribution in [0.1, 0.15) is 32.6 Å². The molecule has 1 unspecified atom stereocenters. The maximum atomic E-state index is 11.4. The van der Waals surface area contributed by atoms with E-state index in [1.165, 1.54) is 0 Å². The molecule has 1 atom stereocenters. The molecule has 0 rings (SSSR count). The number of nitrogens with two attached hydrogens (primary N) is 1. The Morgan fingerprint density at radius 1 is 1.56 bits per heavy atom. The largest absolute Gasteiger partial charge is 0.379 e.